The van der Waals surface area contributed by atoms with Crippen LogP contribution in [0.4, 0.5) is 13.2 Å². The Balaban J connectivity index is 1.93. The number of alkyl halides is 3. The van der Waals surface area contributed by atoms with Crippen molar-refractivity contribution in [2.45, 2.75) is 13.1 Å². The van der Waals surface area contributed by atoms with Gasteiger partial charge in [-0.3, -0.25) is 4.79 Å². The molecule has 23 heavy (non-hydrogen) atoms. The summed E-state index contributed by atoms with van der Waals surface area (Å²) in [4.78, 5) is 11.6. The smallest absolute Gasteiger partial charge is 0.416 e. The average molecular weight is 320 g/mol. The molecule has 1 aromatic carbocycles. The van der Waals surface area contributed by atoms with E-state index in [-0.39, 0.29) is 11.7 Å². The fourth-order valence-corrected chi connectivity index (χ4v) is 2.17. The van der Waals surface area contributed by atoms with Crippen LogP contribution in [0.2, 0.25) is 0 Å². The number of amides is 1. The summed E-state index contributed by atoms with van der Waals surface area (Å²) in [5.41, 5.74) is 2.76. The van der Waals surface area contributed by atoms with Crippen LogP contribution in [0, 0.1) is 0 Å². The minimum Gasteiger partial charge on any atom is -0.457 e. The molecule has 0 unspecified atom stereocenters. The lowest BCUT2D eigenvalue weighted by Gasteiger charge is -2.07. The number of nitrogens with zero attached hydrogens (tertiary/aromatic N) is 1. The summed E-state index contributed by atoms with van der Waals surface area (Å²) >= 11 is 0. The van der Waals surface area contributed by atoms with Crippen molar-refractivity contribution in [3.63, 3.8) is 0 Å². The first-order chi connectivity index (χ1) is 10.8. The number of hydrazone groups is 1. The van der Waals surface area contributed by atoms with E-state index in [2.05, 4.69) is 10.5 Å². The fraction of sp³-hybridized carbons (Fsp3) is 0.125. The summed E-state index contributed by atoms with van der Waals surface area (Å²) in [6.07, 6.45) is -2.92. The molecule has 2 heterocycles. The highest BCUT2D eigenvalue weighted by atomic mass is 19.4. The fourth-order valence-electron chi connectivity index (χ4n) is 2.17. The van der Waals surface area contributed by atoms with Crippen LogP contribution in [-0.4, -0.2) is 11.6 Å². The zero-order chi connectivity index (χ0) is 16.6. The number of nitrogens with one attached hydrogen (secondary N) is 1. The topological polar surface area (TPSA) is 54.6 Å². The van der Waals surface area contributed by atoms with E-state index in [1.807, 2.05) is 0 Å². The Morgan fingerprint density at radius 2 is 2.00 bits per heavy atom. The lowest BCUT2D eigenvalue weighted by atomic mass is 10.1. The van der Waals surface area contributed by atoms with Gasteiger partial charge in [0, 0.05) is 5.56 Å². The molecule has 0 spiro atoms. The standard InChI is InChI=1S/C16H11F3N2O2/c1-9-13(15(22)21-20-9)8-12-5-6-14(23-12)10-3-2-4-11(7-10)16(17,18)19/h2-8H,1H3,(H,21,22). The number of carbonyl (C=O) groups excluding carboxylic acids is 1. The largest absolute Gasteiger partial charge is 0.457 e. The highest BCUT2D eigenvalue weighted by Crippen LogP contribution is 2.32. The van der Waals surface area contributed by atoms with Gasteiger partial charge in [0.2, 0.25) is 0 Å². The van der Waals surface area contributed by atoms with Crippen LogP contribution >= 0.6 is 0 Å². The molecule has 0 radical (unpaired) electrons. The minimum atomic E-state index is -4.41. The molecule has 7 heteroatoms. The molecule has 1 aliphatic heterocycles. The first-order valence-corrected chi connectivity index (χ1v) is 6.69. The second kappa shape index (κ2) is 5.42. The molecule has 4 nitrogen and oxygen atoms in total. The van der Waals surface area contributed by atoms with E-state index in [0.717, 1.165) is 12.1 Å². The molecule has 0 atom stereocenters. The number of hydrogen-bond donors (Lipinski definition) is 1. The van der Waals surface area contributed by atoms with Gasteiger partial charge in [-0.2, -0.15) is 18.3 Å². The van der Waals surface area contributed by atoms with Gasteiger partial charge in [0.25, 0.3) is 5.91 Å². The van der Waals surface area contributed by atoms with Crippen molar-refractivity contribution in [2.75, 3.05) is 0 Å². The third-order valence-electron chi connectivity index (χ3n) is 3.35. The normalized spacial score (nSPS) is 16.6. The van der Waals surface area contributed by atoms with Gasteiger partial charge < -0.3 is 4.42 Å². The summed E-state index contributed by atoms with van der Waals surface area (Å²) in [5, 5.41) is 3.78. The summed E-state index contributed by atoms with van der Waals surface area (Å²) in [6.45, 7) is 1.67. The van der Waals surface area contributed by atoms with Crippen LogP contribution in [0.5, 0.6) is 0 Å². The molecule has 0 saturated carbocycles. The first-order valence-electron chi connectivity index (χ1n) is 6.69. The SMILES string of the molecule is CC1=NNC(=O)C1=Cc1ccc(-c2cccc(C(F)(F)F)c2)o1. The maximum Gasteiger partial charge on any atom is 0.416 e. The van der Waals surface area contributed by atoms with Crippen molar-refractivity contribution in [2.24, 2.45) is 5.10 Å². The Morgan fingerprint density at radius 1 is 1.22 bits per heavy atom. The maximum absolute atomic E-state index is 12.7. The Kier molecular flexibility index (Phi) is 3.55. The van der Waals surface area contributed by atoms with Crippen molar-refractivity contribution in [1.29, 1.82) is 0 Å². The van der Waals surface area contributed by atoms with E-state index in [1.165, 1.54) is 18.2 Å². The zero-order valence-corrected chi connectivity index (χ0v) is 11.9. The molecule has 1 aliphatic rings. The Labute approximate surface area is 129 Å². The van der Waals surface area contributed by atoms with Crippen molar-refractivity contribution in [3.8, 4) is 11.3 Å². The number of carbonyl (C=O) groups is 1. The van der Waals surface area contributed by atoms with Gasteiger partial charge in [0.1, 0.15) is 11.5 Å². The molecule has 3 rings (SSSR count). The summed E-state index contributed by atoms with van der Waals surface area (Å²) < 4.78 is 43.8. The van der Waals surface area contributed by atoms with Crippen LogP contribution in [-0.2, 0) is 11.0 Å². The molecule has 0 fully saturated rings. The number of hydrogen-bond acceptors (Lipinski definition) is 3. The van der Waals surface area contributed by atoms with Crippen LogP contribution in [0.1, 0.15) is 18.2 Å². The number of halogens is 3. The summed E-state index contributed by atoms with van der Waals surface area (Å²) in [6, 6.07) is 8.01. The number of rotatable bonds is 2. The summed E-state index contributed by atoms with van der Waals surface area (Å²) in [5.74, 6) is 0.300. The van der Waals surface area contributed by atoms with E-state index in [4.69, 9.17) is 4.42 Å². The zero-order valence-electron chi connectivity index (χ0n) is 11.9. The van der Waals surface area contributed by atoms with Gasteiger partial charge in [-0.25, -0.2) is 5.43 Å². The molecule has 2 aromatic rings. The van der Waals surface area contributed by atoms with Crippen molar-refractivity contribution >= 4 is 17.7 Å². The highest BCUT2D eigenvalue weighted by Gasteiger charge is 2.30. The van der Waals surface area contributed by atoms with Gasteiger partial charge in [0.15, 0.2) is 0 Å². The Bertz CT molecular complexity index is 832. The van der Waals surface area contributed by atoms with E-state index >= 15 is 0 Å². The van der Waals surface area contributed by atoms with Crippen LogP contribution in [0.3, 0.4) is 0 Å². The maximum atomic E-state index is 12.7. The molecule has 118 valence electrons. The van der Waals surface area contributed by atoms with Crippen molar-refractivity contribution in [3.05, 3.63) is 53.3 Å². The van der Waals surface area contributed by atoms with Gasteiger partial charge in [-0.1, -0.05) is 12.1 Å². The third-order valence-corrected chi connectivity index (χ3v) is 3.35. The summed E-state index contributed by atoms with van der Waals surface area (Å²) in [7, 11) is 0. The predicted octanol–water partition coefficient (Wildman–Crippen LogP) is 3.85. The monoisotopic (exact) mass is 320 g/mol. The molecule has 0 bridgehead atoms. The van der Waals surface area contributed by atoms with E-state index in [0.29, 0.717) is 22.6 Å². The number of benzene rings is 1. The Morgan fingerprint density at radius 3 is 2.65 bits per heavy atom. The molecule has 1 aromatic heterocycles. The quantitative estimate of drug-likeness (QED) is 0.854. The van der Waals surface area contributed by atoms with Crippen LogP contribution in [0.15, 0.2) is 51.5 Å². The van der Waals surface area contributed by atoms with Gasteiger partial charge in [0.05, 0.1) is 16.8 Å². The predicted molar refractivity (Wildman–Crippen MR) is 78.4 cm³/mol. The second-order valence-corrected chi connectivity index (χ2v) is 4.98. The molecule has 0 saturated heterocycles. The van der Waals surface area contributed by atoms with Gasteiger partial charge >= 0.3 is 6.18 Å². The van der Waals surface area contributed by atoms with Crippen molar-refractivity contribution < 1.29 is 22.4 Å². The van der Waals surface area contributed by atoms with E-state index in [1.54, 1.807) is 19.1 Å². The molecular weight excluding hydrogens is 309 g/mol. The lowest BCUT2D eigenvalue weighted by molar-refractivity contribution is -0.137. The minimum absolute atomic E-state index is 0.288. The third kappa shape index (κ3) is 3.03. The van der Waals surface area contributed by atoms with Crippen LogP contribution < -0.4 is 5.43 Å². The lowest BCUT2D eigenvalue weighted by Crippen LogP contribution is -2.12. The van der Waals surface area contributed by atoms with E-state index < -0.39 is 11.7 Å². The van der Waals surface area contributed by atoms with Gasteiger partial charge in [-0.05, 0) is 37.3 Å². The molecule has 1 amide bonds. The van der Waals surface area contributed by atoms with Crippen molar-refractivity contribution in [1.82, 2.24) is 5.43 Å². The second-order valence-electron chi connectivity index (χ2n) is 4.98. The van der Waals surface area contributed by atoms with E-state index in [9.17, 15) is 18.0 Å². The molecule has 1 N–H and O–H groups in total. The highest BCUT2D eigenvalue weighted by molar-refractivity contribution is 6.26. The molecule has 0 aliphatic carbocycles. The molecular formula is C16H11F3N2O2. The first kappa shape index (κ1) is 15.1. The average Bonchev–Trinajstić information content (AvgIpc) is 3.09. The Hall–Kier alpha value is -2.83. The van der Waals surface area contributed by atoms with Crippen LogP contribution in [0.25, 0.3) is 17.4 Å². The van der Waals surface area contributed by atoms with Gasteiger partial charge in [-0.15, -0.1) is 0 Å². The number of furan rings is 1.